The van der Waals surface area contributed by atoms with E-state index in [1.165, 1.54) is 6.20 Å². The van der Waals surface area contributed by atoms with E-state index in [2.05, 4.69) is 25.1 Å². The van der Waals surface area contributed by atoms with Crippen molar-refractivity contribution < 1.29 is 27.4 Å². The van der Waals surface area contributed by atoms with Crippen LogP contribution >= 0.6 is 0 Å². The van der Waals surface area contributed by atoms with E-state index >= 15 is 4.39 Å². The van der Waals surface area contributed by atoms with Crippen molar-refractivity contribution >= 4 is 16.7 Å². The van der Waals surface area contributed by atoms with Crippen LogP contribution in [0.5, 0.6) is 11.8 Å². The number of hydrogen-bond acceptors (Lipinski definition) is 8. The highest BCUT2D eigenvalue weighted by molar-refractivity contribution is 5.92. The number of alkyl halides is 3. The van der Waals surface area contributed by atoms with Crippen molar-refractivity contribution in [2.24, 2.45) is 0 Å². The van der Waals surface area contributed by atoms with E-state index < -0.39 is 34.6 Å². The van der Waals surface area contributed by atoms with Crippen molar-refractivity contribution in [3.05, 3.63) is 35.8 Å². The lowest BCUT2D eigenvalue weighted by molar-refractivity contribution is -0.137. The second-order valence-corrected chi connectivity index (χ2v) is 11.5. The largest absolute Gasteiger partial charge is 0.508 e. The molecular weight excluding hydrogens is 528 g/mol. The highest BCUT2D eigenvalue weighted by atomic mass is 19.4. The normalized spacial score (nSPS) is 24.1. The average molecular weight is 559 g/mol. The number of aromatic hydroxyl groups is 1. The van der Waals surface area contributed by atoms with Crippen molar-refractivity contribution in [2.45, 2.75) is 62.3 Å². The number of piperazine rings is 1. The number of phenolic OH excluding ortho intramolecular Hbond substituents is 1. The number of pyridine rings is 1. The van der Waals surface area contributed by atoms with Crippen molar-refractivity contribution in [2.75, 3.05) is 37.7 Å². The summed E-state index contributed by atoms with van der Waals surface area (Å²) in [6.45, 7) is 3.73. The molecule has 0 spiro atoms. The Balaban J connectivity index is 1.34. The third-order valence-electron chi connectivity index (χ3n) is 9.00. The third-order valence-corrected chi connectivity index (χ3v) is 9.00. The van der Waals surface area contributed by atoms with Gasteiger partial charge in [0.1, 0.15) is 29.4 Å². The molecule has 212 valence electrons. The van der Waals surface area contributed by atoms with Gasteiger partial charge in [-0.2, -0.15) is 23.1 Å². The van der Waals surface area contributed by atoms with Crippen LogP contribution in [0.4, 0.5) is 23.4 Å². The van der Waals surface area contributed by atoms with Crippen LogP contribution in [0.3, 0.4) is 0 Å². The SMILES string of the molecule is Oc1ccc(C(F)(F)F)c(-c2ncc3c(N4C[C@H]5CC[C@@H](C4)N5)nc(OCC45CCCN4CCC5)nc3c2F)c1. The van der Waals surface area contributed by atoms with Crippen LogP contribution in [0.1, 0.15) is 44.1 Å². The zero-order valence-electron chi connectivity index (χ0n) is 21.8. The Morgan fingerprint density at radius 3 is 2.50 bits per heavy atom. The molecule has 2 aromatic heterocycles. The van der Waals surface area contributed by atoms with Crippen LogP contribution in [0.2, 0.25) is 0 Å². The predicted molar refractivity (Wildman–Crippen MR) is 140 cm³/mol. The quantitative estimate of drug-likeness (QED) is 0.443. The molecule has 3 aromatic rings. The van der Waals surface area contributed by atoms with Crippen molar-refractivity contribution in [1.29, 1.82) is 0 Å². The second-order valence-electron chi connectivity index (χ2n) is 11.5. The fraction of sp³-hybridized carbons (Fsp3) is 0.536. The number of ether oxygens (including phenoxy) is 1. The first-order valence-electron chi connectivity index (χ1n) is 13.9. The number of aromatic nitrogens is 3. The molecule has 4 saturated heterocycles. The Kier molecular flexibility index (Phi) is 6.04. The summed E-state index contributed by atoms with van der Waals surface area (Å²) < 4.78 is 63.9. The molecular formula is C28H30F4N6O2. The van der Waals surface area contributed by atoms with Gasteiger partial charge in [-0.25, -0.2) is 4.39 Å². The van der Waals surface area contributed by atoms with E-state index in [0.717, 1.165) is 69.8 Å². The third kappa shape index (κ3) is 4.32. The maximum Gasteiger partial charge on any atom is 0.417 e. The summed E-state index contributed by atoms with van der Waals surface area (Å²) in [7, 11) is 0. The van der Waals surface area contributed by atoms with Gasteiger partial charge < -0.3 is 20.1 Å². The van der Waals surface area contributed by atoms with Crippen LogP contribution in [-0.4, -0.2) is 75.4 Å². The molecule has 2 N–H and O–H groups in total. The summed E-state index contributed by atoms with van der Waals surface area (Å²) in [5.74, 6) is -0.970. The van der Waals surface area contributed by atoms with Gasteiger partial charge in [0.15, 0.2) is 5.82 Å². The first-order chi connectivity index (χ1) is 19.2. The lowest BCUT2D eigenvalue weighted by Crippen LogP contribution is -2.51. The molecule has 0 amide bonds. The highest BCUT2D eigenvalue weighted by Crippen LogP contribution is 2.42. The molecule has 2 atom stereocenters. The van der Waals surface area contributed by atoms with Crippen molar-refractivity contribution in [1.82, 2.24) is 25.2 Å². The molecule has 8 nitrogen and oxygen atoms in total. The minimum Gasteiger partial charge on any atom is -0.508 e. The van der Waals surface area contributed by atoms with E-state index in [-0.39, 0.29) is 29.1 Å². The number of halogens is 4. The number of nitrogens with one attached hydrogen (secondary N) is 1. The van der Waals surface area contributed by atoms with Gasteiger partial charge in [0, 0.05) is 36.9 Å². The fourth-order valence-electron chi connectivity index (χ4n) is 7.12. The Bertz CT molecular complexity index is 1440. The molecule has 4 aliphatic rings. The summed E-state index contributed by atoms with van der Waals surface area (Å²) in [6, 6.07) is 3.07. The monoisotopic (exact) mass is 558 g/mol. The van der Waals surface area contributed by atoms with E-state index in [9.17, 15) is 18.3 Å². The lowest BCUT2D eigenvalue weighted by atomic mass is 9.95. The van der Waals surface area contributed by atoms with Gasteiger partial charge in [-0.1, -0.05) is 0 Å². The standard InChI is InChI=1S/C28H30F4N6O2/c29-22-23(19-11-18(39)5-6-21(19)28(30,31)32)33-12-20-24(22)35-26(40-15-27-7-1-9-38(27)10-2-8-27)36-25(20)37-13-16-3-4-17(14-37)34-16/h5-6,11-12,16-17,34,39H,1-4,7-10,13-15H2/t16-,17+. The maximum atomic E-state index is 16.2. The van der Waals surface area contributed by atoms with Crippen LogP contribution < -0.4 is 15.0 Å². The number of rotatable bonds is 5. The lowest BCUT2D eigenvalue weighted by Gasteiger charge is -2.34. The zero-order chi connectivity index (χ0) is 27.6. The van der Waals surface area contributed by atoms with Crippen molar-refractivity contribution in [3.63, 3.8) is 0 Å². The zero-order valence-corrected chi connectivity index (χ0v) is 21.8. The molecule has 1 aromatic carbocycles. The molecule has 4 fully saturated rings. The average Bonchev–Trinajstić information content (AvgIpc) is 3.60. The predicted octanol–water partition coefficient (Wildman–Crippen LogP) is 4.50. The molecule has 7 rings (SSSR count). The minimum absolute atomic E-state index is 0.00417. The van der Waals surface area contributed by atoms with E-state index in [4.69, 9.17) is 9.72 Å². The van der Waals surface area contributed by atoms with Gasteiger partial charge in [-0.3, -0.25) is 9.88 Å². The summed E-state index contributed by atoms with van der Waals surface area (Å²) >= 11 is 0. The van der Waals surface area contributed by atoms with Gasteiger partial charge in [-0.15, -0.1) is 0 Å². The number of anilines is 1. The van der Waals surface area contributed by atoms with Gasteiger partial charge in [0.05, 0.1) is 16.5 Å². The molecule has 6 heterocycles. The van der Waals surface area contributed by atoms with Crippen molar-refractivity contribution in [3.8, 4) is 23.0 Å². The molecule has 0 unspecified atom stereocenters. The molecule has 0 radical (unpaired) electrons. The molecule has 0 saturated carbocycles. The smallest absolute Gasteiger partial charge is 0.417 e. The van der Waals surface area contributed by atoms with E-state index in [1.54, 1.807) is 0 Å². The van der Waals surface area contributed by atoms with Crippen LogP contribution in [0.25, 0.3) is 22.2 Å². The highest BCUT2D eigenvalue weighted by Gasteiger charge is 2.45. The first-order valence-corrected chi connectivity index (χ1v) is 13.9. The Labute approximate surface area is 228 Å². The number of nitrogens with zero attached hydrogens (tertiary/aromatic N) is 5. The summed E-state index contributed by atoms with van der Waals surface area (Å²) in [5, 5.41) is 13.8. The van der Waals surface area contributed by atoms with Gasteiger partial charge in [-0.05, 0) is 69.8 Å². The Morgan fingerprint density at radius 1 is 1.07 bits per heavy atom. The molecule has 12 heteroatoms. The van der Waals surface area contributed by atoms with Gasteiger partial charge >= 0.3 is 12.2 Å². The van der Waals surface area contributed by atoms with Crippen LogP contribution in [0, 0.1) is 5.82 Å². The number of phenols is 1. The van der Waals surface area contributed by atoms with Gasteiger partial charge in [0.2, 0.25) is 0 Å². The van der Waals surface area contributed by atoms with E-state index in [0.29, 0.717) is 30.9 Å². The molecule has 2 bridgehead atoms. The summed E-state index contributed by atoms with van der Waals surface area (Å²) in [6.07, 6.45) is 2.81. The van der Waals surface area contributed by atoms with E-state index in [1.807, 2.05) is 0 Å². The van der Waals surface area contributed by atoms with Crippen LogP contribution in [0.15, 0.2) is 24.4 Å². The molecule has 4 aliphatic heterocycles. The van der Waals surface area contributed by atoms with Crippen LogP contribution in [-0.2, 0) is 6.18 Å². The Morgan fingerprint density at radius 2 is 1.80 bits per heavy atom. The molecule has 40 heavy (non-hydrogen) atoms. The topological polar surface area (TPSA) is 86.6 Å². The summed E-state index contributed by atoms with van der Waals surface area (Å²) in [4.78, 5) is 17.8. The second kappa shape index (κ2) is 9.41. The number of hydrogen-bond donors (Lipinski definition) is 2. The first kappa shape index (κ1) is 25.7. The number of fused-ring (bicyclic) bond motifs is 4. The summed E-state index contributed by atoms with van der Waals surface area (Å²) in [5.41, 5.74) is -2.43. The van der Waals surface area contributed by atoms with Gasteiger partial charge in [0.25, 0.3) is 0 Å². The maximum absolute atomic E-state index is 16.2. The molecule has 0 aliphatic carbocycles. The fourth-order valence-corrected chi connectivity index (χ4v) is 7.12. The minimum atomic E-state index is -4.77. The Hall–Kier alpha value is -3.25. The number of benzene rings is 1.